The number of hydrogen-bond acceptors (Lipinski definition) is 4. The normalized spacial score (nSPS) is 12.8. The first kappa shape index (κ1) is 17.8. The molecule has 1 unspecified atom stereocenters. The second-order valence-corrected chi connectivity index (χ2v) is 7.03. The predicted octanol–water partition coefficient (Wildman–Crippen LogP) is 4.00. The zero-order valence-corrected chi connectivity index (χ0v) is 15.8. The maximum Gasteiger partial charge on any atom is 0.136 e. The number of para-hydroxylation sites is 2. The van der Waals surface area contributed by atoms with Gasteiger partial charge < -0.3 is 21.4 Å². The lowest BCUT2D eigenvalue weighted by atomic mass is 10.1. The molecule has 0 saturated carbocycles. The molecule has 0 bridgehead atoms. The molecule has 1 atom stereocenters. The lowest BCUT2D eigenvalue weighted by Crippen LogP contribution is -2.28. The molecule has 0 aliphatic heterocycles. The summed E-state index contributed by atoms with van der Waals surface area (Å²) in [6.07, 6.45) is 3.19. The minimum Gasteiger partial charge on any atom is -0.369 e. The zero-order valence-electron chi connectivity index (χ0n) is 15.8. The van der Waals surface area contributed by atoms with Gasteiger partial charge in [0, 0.05) is 28.9 Å². The SMILES string of the molecule is CNC(CCN)CCCNc1nc2ccccc2c2[nH]c3ccccc3c12. The van der Waals surface area contributed by atoms with Crippen molar-refractivity contribution in [3.05, 3.63) is 48.5 Å². The first-order valence-corrected chi connectivity index (χ1v) is 9.72. The van der Waals surface area contributed by atoms with Crippen molar-refractivity contribution in [3.63, 3.8) is 0 Å². The van der Waals surface area contributed by atoms with Crippen molar-refractivity contribution >= 4 is 38.5 Å². The number of H-pyrrole nitrogens is 1. The van der Waals surface area contributed by atoms with Crippen LogP contribution in [0.3, 0.4) is 0 Å². The standard InChI is InChI=1S/C22H27N5/c1-24-15(12-13-23)7-6-14-25-22-20-16-8-2-4-10-18(16)26-21(20)17-9-3-5-11-19(17)27-22/h2-5,8-11,15,24,26H,6-7,12-14,23H2,1H3,(H,25,27). The van der Waals surface area contributed by atoms with Crippen LogP contribution < -0.4 is 16.4 Å². The van der Waals surface area contributed by atoms with Crippen LogP contribution in [0.2, 0.25) is 0 Å². The molecule has 5 N–H and O–H groups in total. The summed E-state index contributed by atoms with van der Waals surface area (Å²) >= 11 is 0. The van der Waals surface area contributed by atoms with Gasteiger partial charge in [0.15, 0.2) is 0 Å². The molecule has 0 fully saturated rings. The summed E-state index contributed by atoms with van der Waals surface area (Å²) in [7, 11) is 2.01. The monoisotopic (exact) mass is 361 g/mol. The van der Waals surface area contributed by atoms with Gasteiger partial charge >= 0.3 is 0 Å². The fraction of sp³-hybridized carbons (Fsp3) is 0.318. The maximum absolute atomic E-state index is 5.69. The van der Waals surface area contributed by atoms with Crippen molar-refractivity contribution in [2.45, 2.75) is 25.3 Å². The summed E-state index contributed by atoms with van der Waals surface area (Å²) in [5.41, 5.74) is 9.00. The quantitative estimate of drug-likeness (QED) is 0.358. The van der Waals surface area contributed by atoms with Crippen LogP contribution in [0.5, 0.6) is 0 Å². The number of pyridine rings is 1. The molecule has 4 rings (SSSR count). The van der Waals surface area contributed by atoms with Crippen molar-refractivity contribution in [1.82, 2.24) is 15.3 Å². The average molecular weight is 361 g/mol. The average Bonchev–Trinajstić information content (AvgIpc) is 3.10. The van der Waals surface area contributed by atoms with Gasteiger partial charge in [-0.2, -0.15) is 0 Å². The van der Waals surface area contributed by atoms with Crippen molar-refractivity contribution in [2.75, 3.05) is 25.5 Å². The highest BCUT2D eigenvalue weighted by Crippen LogP contribution is 2.34. The van der Waals surface area contributed by atoms with Gasteiger partial charge in [-0.3, -0.25) is 0 Å². The van der Waals surface area contributed by atoms with Crippen LogP contribution in [0.15, 0.2) is 48.5 Å². The van der Waals surface area contributed by atoms with E-state index in [1.807, 2.05) is 13.1 Å². The van der Waals surface area contributed by atoms with Crippen LogP contribution in [0, 0.1) is 0 Å². The van der Waals surface area contributed by atoms with E-state index in [1.165, 1.54) is 10.8 Å². The summed E-state index contributed by atoms with van der Waals surface area (Å²) in [5.74, 6) is 0.959. The van der Waals surface area contributed by atoms with Gasteiger partial charge in [-0.1, -0.05) is 36.4 Å². The topological polar surface area (TPSA) is 78.8 Å². The Kier molecular flexibility index (Phi) is 5.23. The van der Waals surface area contributed by atoms with Crippen LogP contribution in [-0.2, 0) is 0 Å². The Hall–Kier alpha value is -2.63. The Balaban J connectivity index is 1.66. The highest BCUT2D eigenvalue weighted by molar-refractivity contribution is 6.20. The van der Waals surface area contributed by atoms with Crippen LogP contribution in [0.25, 0.3) is 32.7 Å². The van der Waals surface area contributed by atoms with E-state index in [0.29, 0.717) is 6.04 Å². The molecule has 2 aromatic carbocycles. The van der Waals surface area contributed by atoms with Crippen LogP contribution >= 0.6 is 0 Å². The molecule has 5 heteroatoms. The van der Waals surface area contributed by atoms with Crippen molar-refractivity contribution in [3.8, 4) is 0 Å². The Morgan fingerprint density at radius 3 is 2.63 bits per heavy atom. The molecular weight excluding hydrogens is 334 g/mol. The second-order valence-electron chi connectivity index (χ2n) is 7.03. The lowest BCUT2D eigenvalue weighted by Gasteiger charge is -2.15. The lowest BCUT2D eigenvalue weighted by molar-refractivity contribution is 0.485. The van der Waals surface area contributed by atoms with Crippen LogP contribution in [0.4, 0.5) is 5.82 Å². The van der Waals surface area contributed by atoms with E-state index in [4.69, 9.17) is 10.7 Å². The van der Waals surface area contributed by atoms with Gasteiger partial charge in [-0.15, -0.1) is 0 Å². The number of hydrogen-bond donors (Lipinski definition) is 4. The minimum atomic E-state index is 0.481. The molecule has 0 spiro atoms. The summed E-state index contributed by atoms with van der Waals surface area (Å²) in [6, 6.07) is 17.2. The molecule has 5 nitrogen and oxygen atoms in total. The summed E-state index contributed by atoms with van der Waals surface area (Å²) < 4.78 is 0. The number of anilines is 1. The van der Waals surface area contributed by atoms with Crippen LogP contribution in [-0.4, -0.2) is 36.1 Å². The molecule has 27 heavy (non-hydrogen) atoms. The summed E-state index contributed by atoms with van der Waals surface area (Å²) in [6.45, 7) is 1.61. The highest BCUT2D eigenvalue weighted by Gasteiger charge is 2.14. The predicted molar refractivity (Wildman–Crippen MR) is 115 cm³/mol. The van der Waals surface area contributed by atoms with E-state index in [9.17, 15) is 0 Å². The molecular formula is C22H27N5. The first-order valence-electron chi connectivity index (χ1n) is 9.72. The van der Waals surface area contributed by atoms with Crippen molar-refractivity contribution in [1.29, 1.82) is 0 Å². The molecule has 0 amide bonds. The summed E-state index contributed by atoms with van der Waals surface area (Å²) in [4.78, 5) is 8.52. The number of fused-ring (bicyclic) bond motifs is 5. The fourth-order valence-electron chi connectivity index (χ4n) is 3.87. The number of aromatic nitrogens is 2. The third-order valence-corrected chi connectivity index (χ3v) is 5.29. The van der Waals surface area contributed by atoms with Crippen molar-refractivity contribution in [2.24, 2.45) is 5.73 Å². The van der Waals surface area contributed by atoms with E-state index in [0.717, 1.165) is 60.1 Å². The number of benzene rings is 2. The van der Waals surface area contributed by atoms with Gasteiger partial charge in [0.1, 0.15) is 5.82 Å². The first-order chi connectivity index (χ1) is 13.3. The molecule has 0 radical (unpaired) electrons. The molecule has 4 aromatic rings. The highest BCUT2D eigenvalue weighted by atomic mass is 15.0. The minimum absolute atomic E-state index is 0.481. The van der Waals surface area contributed by atoms with Gasteiger partial charge in [0.2, 0.25) is 0 Å². The Bertz CT molecular complexity index is 1050. The number of nitrogens with zero attached hydrogens (tertiary/aromatic N) is 1. The molecule has 2 heterocycles. The van der Waals surface area contributed by atoms with Crippen molar-refractivity contribution < 1.29 is 0 Å². The van der Waals surface area contributed by atoms with E-state index >= 15 is 0 Å². The van der Waals surface area contributed by atoms with Gasteiger partial charge in [0.25, 0.3) is 0 Å². The smallest absolute Gasteiger partial charge is 0.136 e. The van der Waals surface area contributed by atoms with E-state index in [1.54, 1.807) is 0 Å². The zero-order chi connectivity index (χ0) is 18.6. The van der Waals surface area contributed by atoms with Gasteiger partial charge in [-0.05, 0) is 45.0 Å². The number of aromatic amines is 1. The Labute approximate surface area is 159 Å². The number of nitrogens with one attached hydrogen (secondary N) is 3. The Morgan fingerprint density at radius 1 is 1.04 bits per heavy atom. The van der Waals surface area contributed by atoms with Gasteiger partial charge in [-0.25, -0.2) is 4.98 Å². The fourth-order valence-corrected chi connectivity index (χ4v) is 3.87. The van der Waals surface area contributed by atoms with Gasteiger partial charge in [0.05, 0.1) is 16.4 Å². The number of rotatable bonds is 8. The summed E-state index contributed by atoms with van der Waals surface area (Å²) in [5, 5.41) is 10.5. The number of nitrogens with two attached hydrogens (primary N) is 1. The van der Waals surface area contributed by atoms with E-state index in [2.05, 4.69) is 58.1 Å². The molecule has 0 aliphatic carbocycles. The maximum atomic E-state index is 5.69. The second kappa shape index (κ2) is 7.94. The molecule has 2 aromatic heterocycles. The molecule has 0 saturated heterocycles. The Morgan fingerprint density at radius 2 is 1.81 bits per heavy atom. The van der Waals surface area contributed by atoms with E-state index < -0.39 is 0 Å². The van der Waals surface area contributed by atoms with Crippen LogP contribution in [0.1, 0.15) is 19.3 Å². The largest absolute Gasteiger partial charge is 0.369 e. The molecule has 140 valence electrons. The molecule has 0 aliphatic rings. The third-order valence-electron chi connectivity index (χ3n) is 5.29. The third kappa shape index (κ3) is 3.48. The van der Waals surface area contributed by atoms with E-state index in [-0.39, 0.29) is 0 Å².